The lowest BCUT2D eigenvalue weighted by atomic mass is 9.86. The fraction of sp³-hybridized carbons (Fsp3) is 0.600. The van der Waals surface area contributed by atoms with Crippen LogP contribution < -0.4 is 10.1 Å². The molecule has 1 aliphatic heterocycles. The van der Waals surface area contributed by atoms with Crippen molar-refractivity contribution in [2.75, 3.05) is 20.8 Å². The van der Waals surface area contributed by atoms with Crippen LogP contribution in [-0.2, 0) is 4.74 Å². The molecule has 1 fully saturated rings. The Morgan fingerprint density at radius 3 is 2.90 bits per heavy atom. The van der Waals surface area contributed by atoms with Crippen LogP contribution in [0.4, 0.5) is 0 Å². The zero-order valence-corrected chi connectivity index (χ0v) is 14.4. The van der Waals surface area contributed by atoms with Crippen LogP contribution in [0.3, 0.4) is 0 Å². The van der Waals surface area contributed by atoms with Gasteiger partial charge in [0.05, 0.1) is 17.7 Å². The summed E-state index contributed by atoms with van der Waals surface area (Å²) in [5, 5.41) is 4.12. The summed E-state index contributed by atoms with van der Waals surface area (Å²) in [6, 6.07) is 4.02. The van der Waals surface area contributed by atoms with E-state index in [9.17, 15) is 0 Å². The number of methoxy groups -OCH3 is 1. The number of hydrogen-bond acceptors (Lipinski definition) is 3. The van der Waals surface area contributed by atoms with Gasteiger partial charge in [-0.2, -0.15) is 0 Å². The van der Waals surface area contributed by atoms with Crippen LogP contribution >= 0.6 is 27.5 Å². The molecule has 1 aromatic rings. The fourth-order valence-corrected chi connectivity index (χ4v) is 4.09. The van der Waals surface area contributed by atoms with Crippen LogP contribution in [0.2, 0.25) is 5.02 Å². The summed E-state index contributed by atoms with van der Waals surface area (Å²) < 4.78 is 12.3. The van der Waals surface area contributed by atoms with E-state index in [0.29, 0.717) is 10.9 Å². The van der Waals surface area contributed by atoms with Gasteiger partial charge in [0.1, 0.15) is 5.75 Å². The van der Waals surface area contributed by atoms with E-state index < -0.39 is 0 Å². The summed E-state index contributed by atoms with van der Waals surface area (Å²) in [7, 11) is 3.66. The van der Waals surface area contributed by atoms with Gasteiger partial charge in [-0.25, -0.2) is 0 Å². The van der Waals surface area contributed by atoms with E-state index in [4.69, 9.17) is 21.1 Å². The quantitative estimate of drug-likeness (QED) is 0.852. The Balaban J connectivity index is 2.41. The molecule has 5 heteroatoms. The highest BCUT2D eigenvalue weighted by Gasteiger charge is 2.35. The molecular weight excluding hydrogens is 342 g/mol. The molecule has 0 spiro atoms. The number of halogens is 2. The molecule has 1 N–H and O–H groups in total. The maximum Gasteiger partial charge on any atom is 0.137 e. The van der Waals surface area contributed by atoms with Crippen molar-refractivity contribution in [3.05, 3.63) is 27.2 Å². The third-order valence-electron chi connectivity index (χ3n) is 3.98. The second kappa shape index (κ2) is 7.12. The first-order valence-electron chi connectivity index (χ1n) is 6.94. The van der Waals surface area contributed by atoms with Crippen LogP contribution in [0.1, 0.15) is 31.4 Å². The monoisotopic (exact) mass is 361 g/mol. The number of nitrogens with one attached hydrogen (secondary N) is 1. The van der Waals surface area contributed by atoms with Gasteiger partial charge in [-0.15, -0.1) is 0 Å². The topological polar surface area (TPSA) is 30.5 Å². The molecule has 0 aromatic heterocycles. The molecule has 0 saturated carbocycles. The third-order valence-corrected chi connectivity index (χ3v) is 4.79. The van der Waals surface area contributed by atoms with Crippen LogP contribution in [0.5, 0.6) is 5.75 Å². The third kappa shape index (κ3) is 3.14. The SMILES string of the molecule is CCC1OCCC1C(NC)c1cc(Cl)cc(Br)c1OC. The summed E-state index contributed by atoms with van der Waals surface area (Å²) >= 11 is 9.74. The molecule has 20 heavy (non-hydrogen) atoms. The smallest absolute Gasteiger partial charge is 0.137 e. The average Bonchev–Trinajstić information content (AvgIpc) is 2.87. The molecule has 0 bridgehead atoms. The lowest BCUT2D eigenvalue weighted by molar-refractivity contribution is 0.0780. The van der Waals surface area contributed by atoms with Crippen molar-refractivity contribution in [2.24, 2.45) is 5.92 Å². The van der Waals surface area contributed by atoms with E-state index >= 15 is 0 Å². The minimum absolute atomic E-state index is 0.174. The van der Waals surface area contributed by atoms with Crippen LogP contribution in [0.25, 0.3) is 0 Å². The van der Waals surface area contributed by atoms with Crippen LogP contribution in [-0.4, -0.2) is 26.9 Å². The van der Waals surface area contributed by atoms with Crippen molar-refractivity contribution in [2.45, 2.75) is 31.9 Å². The van der Waals surface area contributed by atoms with Gasteiger partial charge in [-0.05, 0) is 48.0 Å². The molecule has 2 rings (SSSR count). The largest absolute Gasteiger partial charge is 0.495 e. The predicted octanol–water partition coefficient (Wildman–Crippen LogP) is 4.19. The fourth-order valence-electron chi connectivity index (χ4n) is 3.09. The molecule has 1 saturated heterocycles. The Bertz CT molecular complexity index is 469. The molecule has 1 heterocycles. The van der Waals surface area contributed by atoms with Crippen molar-refractivity contribution >= 4 is 27.5 Å². The molecule has 3 nitrogen and oxygen atoms in total. The average molecular weight is 363 g/mol. The van der Waals surface area contributed by atoms with Gasteiger partial charge in [0.25, 0.3) is 0 Å². The van der Waals surface area contributed by atoms with Gasteiger partial charge in [0.15, 0.2) is 0 Å². The molecule has 1 aliphatic rings. The van der Waals surface area contributed by atoms with E-state index in [0.717, 1.165) is 35.2 Å². The zero-order chi connectivity index (χ0) is 14.7. The van der Waals surface area contributed by atoms with E-state index in [1.807, 2.05) is 19.2 Å². The van der Waals surface area contributed by atoms with Crippen molar-refractivity contribution in [3.8, 4) is 5.75 Å². The zero-order valence-electron chi connectivity index (χ0n) is 12.1. The van der Waals surface area contributed by atoms with E-state index in [2.05, 4.69) is 28.2 Å². The number of rotatable bonds is 5. The van der Waals surface area contributed by atoms with Gasteiger partial charge >= 0.3 is 0 Å². The Hall–Kier alpha value is -0.290. The Morgan fingerprint density at radius 2 is 2.30 bits per heavy atom. The summed E-state index contributed by atoms with van der Waals surface area (Å²) in [5.74, 6) is 1.28. The van der Waals surface area contributed by atoms with Gasteiger partial charge in [0, 0.05) is 29.2 Å². The molecule has 0 radical (unpaired) electrons. The molecular formula is C15H21BrClNO2. The van der Waals surface area contributed by atoms with Crippen LogP contribution in [0.15, 0.2) is 16.6 Å². The molecule has 1 aromatic carbocycles. The summed E-state index contributed by atoms with van der Waals surface area (Å²) in [5.41, 5.74) is 1.09. The minimum atomic E-state index is 0.174. The minimum Gasteiger partial charge on any atom is -0.495 e. The number of ether oxygens (including phenoxy) is 2. The molecule has 0 aliphatic carbocycles. The molecule has 3 atom stereocenters. The highest BCUT2D eigenvalue weighted by Crippen LogP contribution is 2.42. The van der Waals surface area contributed by atoms with E-state index in [1.54, 1.807) is 7.11 Å². The normalized spacial score (nSPS) is 23.9. The molecule has 3 unspecified atom stereocenters. The van der Waals surface area contributed by atoms with Gasteiger partial charge in [-0.1, -0.05) is 18.5 Å². The van der Waals surface area contributed by atoms with Gasteiger partial charge in [0.2, 0.25) is 0 Å². The predicted molar refractivity (Wildman–Crippen MR) is 85.6 cm³/mol. The second-order valence-corrected chi connectivity index (χ2v) is 6.34. The van der Waals surface area contributed by atoms with Gasteiger partial charge < -0.3 is 14.8 Å². The molecule has 0 amide bonds. The van der Waals surface area contributed by atoms with Crippen LogP contribution in [0, 0.1) is 5.92 Å². The maximum atomic E-state index is 6.21. The van der Waals surface area contributed by atoms with Crippen molar-refractivity contribution < 1.29 is 9.47 Å². The first-order valence-corrected chi connectivity index (χ1v) is 8.11. The second-order valence-electron chi connectivity index (χ2n) is 5.05. The van der Waals surface area contributed by atoms with E-state index in [-0.39, 0.29) is 12.1 Å². The lowest BCUT2D eigenvalue weighted by Crippen LogP contribution is -2.31. The van der Waals surface area contributed by atoms with Gasteiger partial charge in [-0.3, -0.25) is 0 Å². The van der Waals surface area contributed by atoms with Crippen molar-refractivity contribution in [1.29, 1.82) is 0 Å². The Kier molecular flexibility index (Phi) is 5.73. The number of hydrogen-bond donors (Lipinski definition) is 1. The Labute approximate surface area is 134 Å². The molecule has 112 valence electrons. The first-order chi connectivity index (χ1) is 9.62. The summed E-state index contributed by atoms with van der Waals surface area (Å²) in [6.45, 7) is 2.99. The first kappa shape index (κ1) is 16.1. The summed E-state index contributed by atoms with van der Waals surface area (Å²) in [4.78, 5) is 0. The Morgan fingerprint density at radius 1 is 1.55 bits per heavy atom. The van der Waals surface area contributed by atoms with Crippen molar-refractivity contribution in [1.82, 2.24) is 5.32 Å². The maximum absolute atomic E-state index is 6.21. The highest BCUT2D eigenvalue weighted by atomic mass is 79.9. The number of benzene rings is 1. The summed E-state index contributed by atoms with van der Waals surface area (Å²) in [6.07, 6.45) is 2.36. The van der Waals surface area contributed by atoms with Crippen molar-refractivity contribution in [3.63, 3.8) is 0 Å². The lowest BCUT2D eigenvalue weighted by Gasteiger charge is -2.29. The standard InChI is InChI=1S/C15H21BrClNO2/c1-4-13-10(5-6-20-13)14(18-2)11-7-9(17)8-12(16)15(11)19-3/h7-8,10,13-14,18H,4-6H2,1-3H3. The van der Waals surface area contributed by atoms with E-state index in [1.165, 1.54) is 0 Å². The highest BCUT2D eigenvalue weighted by molar-refractivity contribution is 9.10.